The molecule has 1 aromatic carbocycles. The third-order valence-corrected chi connectivity index (χ3v) is 5.73. The molecule has 0 amide bonds. The minimum absolute atomic E-state index is 0.0421. The summed E-state index contributed by atoms with van der Waals surface area (Å²) in [6.07, 6.45) is 5.08. The Morgan fingerprint density at radius 3 is 2.79 bits per heavy atom. The number of nitrogens with zero attached hydrogens (tertiary/aromatic N) is 5. The molecule has 0 saturated heterocycles. The molecule has 2 N–H and O–H groups in total. The standard InChI is InChI=1S/C22H19N7/c23-12-17-3-1-4-20(26-17)22(9-2-10-22)14-24-21-8-7-18(28-29-21)15-5-6-19-16(11-15)13-25-27-19/h1,3-8,11,13H,2,9-10,14H2,(H,24,29)(H,25,27). The summed E-state index contributed by atoms with van der Waals surface area (Å²) in [5.74, 6) is 0.737. The van der Waals surface area contributed by atoms with Crippen LogP contribution in [0.2, 0.25) is 0 Å². The van der Waals surface area contributed by atoms with E-state index in [1.807, 2.05) is 42.5 Å². The quantitative estimate of drug-likeness (QED) is 0.545. The highest BCUT2D eigenvalue weighted by atomic mass is 15.2. The van der Waals surface area contributed by atoms with E-state index in [0.717, 1.165) is 53.1 Å². The van der Waals surface area contributed by atoms with Crippen LogP contribution < -0.4 is 5.32 Å². The molecule has 1 aliphatic rings. The Labute approximate surface area is 167 Å². The van der Waals surface area contributed by atoms with Crippen molar-refractivity contribution in [2.45, 2.75) is 24.7 Å². The zero-order valence-electron chi connectivity index (χ0n) is 15.8. The van der Waals surface area contributed by atoms with Crippen molar-refractivity contribution in [2.24, 2.45) is 0 Å². The highest BCUT2D eigenvalue weighted by Gasteiger charge is 2.40. The van der Waals surface area contributed by atoms with Crippen LogP contribution in [0.15, 0.2) is 54.7 Å². The molecular formula is C22H19N7. The molecule has 7 heteroatoms. The maximum absolute atomic E-state index is 9.14. The van der Waals surface area contributed by atoms with Crippen molar-refractivity contribution in [1.29, 1.82) is 5.26 Å². The van der Waals surface area contributed by atoms with Crippen molar-refractivity contribution in [2.75, 3.05) is 11.9 Å². The lowest BCUT2D eigenvalue weighted by Crippen LogP contribution is -2.42. The molecule has 3 aromatic heterocycles. The van der Waals surface area contributed by atoms with Gasteiger partial charge in [0, 0.05) is 28.6 Å². The van der Waals surface area contributed by atoms with Crippen LogP contribution in [0.25, 0.3) is 22.2 Å². The van der Waals surface area contributed by atoms with Gasteiger partial charge in [0.05, 0.1) is 17.4 Å². The second-order valence-electron chi connectivity index (χ2n) is 7.48. The van der Waals surface area contributed by atoms with E-state index in [2.05, 4.69) is 36.8 Å². The second-order valence-corrected chi connectivity index (χ2v) is 7.48. The maximum Gasteiger partial charge on any atom is 0.148 e. The summed E-state index contributed by atoms with van der Waals surface area (Å²) in [7, 11) is 0. The third kappa shape index (κ3) is 3.19. The maximum atomic E-state index is 9.14. The number of hydrogen-bond acceptors (Lipinski definition) is 6. The lowest BCUT2D eigenvalue weighted by molar-refractivity contribution is 0.252. The zero-order valence-corrected chi connectivity index (χ0v) is 15.8. The van der Waals surface area contributed by atoms with Crippen molar-refractivity contribution < 1.29 is 0 Å². The number of nitriles is 1. The molecule has 5 rings (SSSR count). The lowest BCUT2D eigenvalue weighted by Gasteiger charge is -2.41. The van der Waals surface area contributed by atoms with E-state index in [1.165, 1.54) is 6.42 Å². The van der Waals surface area contributed by atoms with Gasteiger partial charge in [-0.2, -0.15) is 10.4 Å². The summed E-state index contributed by atoms with van der Waals surface area (Å²) in [6.45, 7) is 0.726. The molecule has 29 heavy (non-hydrogen) atoms. The van der Waals surface area contributed by atoms with E-state index in [4.69, 9.17) is 5.26 Å². The molecule has 0 spiro atoms. The van der Waals surface area contributed by atoms with Crippen LogP contribution in [0.5, 0.6) is 0 Å². The number of pyridine rings is 1. The van der Waals surface area contributed by atoms with Crippen molar-refractivity contribution in [3.05, 3.63) is 66.1 Å². The van der Waals surface area contributed by atoms with Crippen molar-refractivity contribution in [3.63, 3.8) is 0 Å². The number of H-pyrrole nitrogens is 1. The van der Waals surface area contributed by atoms with Gasteiger partial charge in [0.2, 0.25) is 0 Å². The Morgan fingerprint density at radius 2 is 2.03 bits per heavy atom. The summed E-state index contributed by atoms with van der Waals surface area (Å²) in [4.78, 5) is 4.53. The third-order valence-electron chi connectivity index (χ3n) is 5.73. The van der Waals surface area contributed by atoms with Gasteiger partial charge in [0.1, 0.15) is 17.6 Å². The number of benzene rings is 1. The minimum atomic E-state index is -0.0421. The Kier molecular flexibility index (Phi) is 4.17. The van der Waals surface area contributed by atoms with Gasteiger partial charge < -0.3 is 5.32 Å². The Morgan fingerprint density at radius 1 is 1.10 bits per heavy atom. The first-order chi connectivity index (χ1) is 14.3. The van der Waals surface area contributed by atoms with E-state index < -0.39 is 0 Å². The van der Waals surface area contributed by atoms with E-state index in [1.54, 1.807) is 12.3 Å². The number of aromatic amines is 1. The van der Waals surface area contributed by atoms with E-state index in [9.17, 15) is 0 Å². The van der Waals surface area contributed by atoms with Crippen LogP contribution in [-0.4, -0.2) is 31.9 Å². The first-order valence-electron chi connectivity index (χ1n) is 9.65. The minimum Gasteiger partial charge on any atom is -0.368 e. The molecule has 0 bridgehead atoms. The van der Waals surface area contributed by atoms with Gasteiger partial charge in [-0.1, -0.05) is 18.6 Å². The fourth-order valence-electron chi connectivity index (χ4n) is 3.86. The largest absolute Gasteiger partial charge is 0.368 e. The summed E-state index contributed by atoms with van der Waals surface area (Å²) in [5.41, 5.74) is 4.23. The van der Waals surface area contributed by atoms with Crippen LogP contribution in [0.1, 0.15) is 30.7 Å². The van der Waals surface area contributed by atoms with Gasteiger partial charge in [0.15, 0.2) is 0 Å². The SMILES string of the molecule is N#Cc1cccc(C2(CNc3ccc(-c4ccc5[nH]ncc5c4)nn3)CCC2)n1. The van der Waals surface area contributed by atoms with E-state index in [0.29, 0.717) is 5.69 Å². The molecule has 142 valence electrons. The summed E-state index contributed by atoms with van der Waals surface area (Å²) in [6, 6.07) is 17.8. The number of rotatable bonds is 5. The van der Waals surface area contributed by atoms with Crippen LogP contribution in [0, 0.1) is 11.3 Å². The van der Waals surface area contributed by atoms with Gasteiger partial charge in [-0.25, -0.2) is 4.98 Å². The number of aromatic nitrogens is 5. The van der Waals surface area contributed by atoms with Crippen molar-refractivity contribution >= 4 is 16.7 Å². The van der Waals surface area contributed by atoms with Gasteiger partial charge in [-0.3, -0.25) is 5.10 Å². The van der Waals surface area contributed by atoms with E-state index >= 15 is 0 Å². The topological polar surface area (TPSA) is 103 Å². The zero-order chi connectivity index (χ0) is 19.7. The van der Waals surface area contributed by atoms with Crippen LogP contribution in [0.4, 0.5) is 5.82 Å². The smallest absolute Gasteiger partial charge is 0.148 e. The first kappa shape index (κ1) is 17.3. The molecule has 4 aromatic rings. The number of anilines is 1. The molecule has 0 aliphatic heterocycles. The van der Waals surface area contributed by atoms with Gasteiger partial charge in [0.25, 0.3) is 0 Å². The van der Waals surface area contributed by atoms with Gasteiger partial charge >= 0.3 is 0 Å². The van der Waals surface area contributed by atoms with Crippen LogP contribution >= 0.6 is 0 Å². The van der Waals surface area contributed by atoms with Crippen molar-refractivity contribution in [3.8, 4) is 17.3 Å². The second kappa shape index (κ2) is 6.99. The van der Waals surface area contributed by atoms with E-state index in [-0.39, 0.29) is 5.41 Å². The fraction of sp³-hybridized carbons (Fsp3) is 0.227. The molecule has 0 unspecified atom stereocenters. The Bertz CT molecular complexity index is 1200. The van der Waals surface area contributed by atoms with Crippen LogP contribution in [0.3, 0.4) is 0 Å². The average molecular weight is 381 g/mol. The number of nitrogens with one attached hydrogen (secondary N) is 2. The summed E-state index contributed by atoms with van der Waals surface area (Å²) >= 11 is 0. The number of hydrogen-bond donors (Lipinski definition) is 2. The average Bonchev–Trinajstić information content (AvgIpc) is 3.21. The summed E-state index contributed by atoms with van der Waals surface area (Å²) < 4.78 is 0. The molecule has 0 radical (unpaired) electrons. The Hall–Kier alpha value is -3.79. The molecule has 7 nitrogen and oxygen atoms in total. The normalized spacial score (nSPS) is 14.9. The molecule has 1 fully saturated rings. The molecular weight excluding hydrogens is 362 g/mol. The molecule has 1 aliphatic carbocycles. The van der Waals surface area contributed by atoms with Crippen molar-refractivity contribution in [1.82, 2.24) is 25.4 Å². The lowest BCUT2D eigenvalue weighted by atomic mass is 9.66. The highest BCUT2D eigenvalue weighted by Crippen LogP contribution is 2.43. The predicted octanol–water partition coefficient (Wildman–Crippen LogP) is 3.82. The monoisotopic (exact) mass is 381 g/mol. The van der Waals surface area contributed by atoms with Gasteiger partial charge in [-0.05, 0) is 49.2 Å². The van der Waals surface area contributed by atoms with Gasteiger partial charge in [-0.15, -0.1) is 10.2 Å². The molecule has 3 heterocycles. The first-order valence-corrected chi connectivity index (χ1v) is 9.65. The predicted molar refractivity (Wildman–Crippen MR) is 110 cm³/mol. The highest BCUT2D eigenvalue weighted by molar-refractivity contribution is 5.83. The molecule has 1 saturated carbocycles. The Balaban J connectivity index is 1.32. The summed E-state index contributed by atoms with van der Waals surface area (Å²) in [5, 5.41) is 29.3. The number of fused-ring (bicyclic) bond motifs is 1. The molecule has 0 atom stereocenters. The van der Waals surface area contributed by atoms with Crippen LogP contribution in [-0.2, 0) is 5.41 Å². The fourth-order valence-corrected chi connectivity index (χ4v) is 3.86.